The van der Waals surface area contributed by atoms with E-state index in [1.807, 2.05) is 42.3 Å². The second kappa shape index (κ2) is 7.90. The van der Waals surface area contributed by atoms with E-state index in [4.69, 9.17) is 11.6 Å². The molecular weight excluding hydrogens is 420 g/mol. The van der Waals surface area contributed by atoms with Crippen LogP contribution in [0.25, 0.3) is 0 Å². The monoisotopic (exact) mass is 454 g/mol. The van der Waals surface area contributed by atoms with Crippen molar-refractivity contribution in [2.75, 3.05) is 12.4 Å². The Labute approximate surface area is 196 Å². The van der Waals surface area contributed by atoms with Crippen molar-refractivity contribution in [1.29, 1.82) is 0 Å². The van der Waals surface area contributed by atoms with E-state index in [1.54, 1.807) is 0 Å². The van der Waals surface area contributed by atoms with Gasteiger partial charge in [0.25, 0.3) is 0 Å². The van der Waals surface area contributed by atoms with E-state index in [0.717, 1.165) is 18.5 Å². The molecule has 0 bridgehead atoms. The maximum absolute atomic E-state index is 12.9. The average molecular weight is 455 g/mol. The number of benzene rings is 1. The third-order valence-corrected chi connectivity index (χ3v) is 10.1. The Morgan fingerprint density at radius 3 is 2.75 bits per heavy atom. The molecule has 5 rings (SSSR count). The Morgan fingerprint density at radius 2 is 1.97 bits per heavy atom. The quantitative estimate of drug-likeness (QED) is 0.615. The van der Waals surface area contributed by atoms with Crippen molar-refractivity contribution in [2.24, 2.45) is 34.5 Å². The summed E-state index contributed by atoms with van der Waals surface area (Å²) in [5.74, 6) is 2.70. The molecule has 3 saturated carbocycles. The highest BCUT2D eigenvalue weighted by molar-refractivity contribution is 6.30. The summed E-state index contributed by atoms with van der Waals surface area (Å²) in [7, 11) is 1.98. The predicted octanol–water partition coefficient (Wildman–Crippen LogP) is 5.92. The number of anilines is 1. The van der Waals surface area contributed by atoms with Gasteiger partial charge in [-0.25, -0.2) is 0 Å². The minimum Gasteiger partial charge on any atom is -0.338 e. The Bertz CT molecular complexity index is 961. The molecule has 172 valence electrons. The minimum atomic E-state index is 0.0783. The summed E-state index contributed by atoms with van der Waals surface area (Å²) in [6, 6.07) is 7.72. The summed E-state index contributed by atoms with van der Waals surface area (Å²) in [6.45, 7) is 4.85. The van der Waals surface area contributed by atoms with Crippen LogP contribution >= 0.6 is 11.6 Å². The first-order valence-corrected chi connectivity index (χ1v) is 12.6. The molecule has 1 heterocycles. The van der Waals surface area contributed by atoms with E-state index in [1.165, 1.54) is 25.7 Å². The number of fused-ring (bicyclic) bond motifs is 5. The fourth-order valence-corrected chi connectivity index (χ4v) is 8.37. The molecule has 1 aromatic carbocycles. The SMILES string of the molecule is CN1C(=O)C=C[C@]2(C)C3CC[C@@]4(C)C(CC[C@@H]4CC(=O)Nc4cccc(Cl)c4)C3CCC12. The highest BCUT2D eigenvalue weighted by Gasteiger charge is 2.60. The molecule has 3 aliphatic carbocycles. The topological polar surface area (TPSA) is 49.4 Å². The highest BCUT2D eigenvalue weighted by Crippen LogP contribution is 2.65. The maximum Gasteiger partial charge on any atom is 0.246 e. The molecule has 3 fully saturated rings. The van der Waals surface area contributed by atoms with Crippen LogP contribution in [0.2, 0.25) is 5.02 Å². The number of hydrogen-bond acceptors (Lipinski definition) is 2. The van der Waals surface area contributed by atoms with Gasteiger partial charge in [-0.2, -0.15) is 0 Å². The third-order valence-electron chi connectivity index (χ3n) is 9.86. The van der Waals surface area contributed by atoms with Gasteiger partial charge < -0.3 is 10.2 Å². The van der Waals surface area contributed by atoms with Crippen molar-refractivity contribution in [3.63, 3.8) is 0 Å². The van der Waals surface area contributed by atoms with Gasteiger partial charge in [0, 0.05) is 35.6 Å². The van der Waals surface area contributed by atoms with E-state index in [0.29, 0.717) is 41.2 Å². The molecule has 1 aromatic rings. The molecule has 0 aromatic heterocycles. The van der Waals surface area contributed by atoms with E-state index in [9.17, 15) is 9.59 Å². The van der Waals surface area contributed by atoms with Gasteiger partial charge in [0.05, 0.1) is 0 Å². The van der Waals surface area contributed by atoms with Crippen molar-refractivity contribution in [3.05, 3.63) is 41.4 Å². The van der Waals surface area contributed by atoms with Crippen LogP contribution in [0.15, 0.2) is 36.4 Å². The van der Waals surface area contributed by atoms with Gasteiger partial charge in [-0.1, -0.05) is 37.6 Å². The number of likely N-dealkylation sites (N-methyl/N-ethyl adjacent to an activating group) is 1. The molecule has 2 amide bonds. The summed E-state index contributed by atoms with van der Waals surface area (Å²) >= 11 is 6.08. The first kappa shape index (κ1) is 22.0. The first-order valence-electron chi connectivity index (χ1n) is 12.2. The molecule has 0 radical (unpaired) electrons. The van der Waals surface area contributed by atoms with Crippen LogP contribution in [0.5, 0.6) is 0 Å². The van der Waals surface area contributed by atoms with E-state index in [2.05, 4.69) is 25.2 Å². The number of rotatable bonds is 3. The molecule has 4 unspecified atom stereocenters. The molecule has 5 heteroatoms. The first-order chi connectivity index (χ1) is 15.2. The highest BCUT2D eigenvalue weighted by atomic mass is 35.5. The van der Waals surface area contributed by atoms with Crippen molar-refractivity contribution >= 4 is 29.1 Å². The van der Waals surface area contributed by atoms with Gasteiger partial charge in [0.15, 0.2) is 0 Å². The van der Waals surface area contributed by atoms with E-state index in [-0.39, 0.29) is 22.6 Å². The summed E-state index contributed by atoms with van der Waals surface area (Å²) in [5.41, 5.74) is 1.09. The Morgan fingerprint density at radius 1 is 1.16 bits per heavy atom. The second-order valence-electron chi connectivity index (χ2n) is 11.2. The van der Waals surface area contributed by atoms with Gasteiger partial charge >= 0.3 is 0 Å². The summed E-state index contributed by atoms with van der Waals surface area (Å²) < 4.78 is 0. The van der Waals surface area contributed by atoms with E-state index < -0.39 is 0 Å². The number of nitrogens with one attached hydrogen (secondary N) is 1. The fraction of sp³-hybridized carbons (Fsp3) is 0.630. The molecule has 4 nitrogen and oxygen atoms in total. The maximum atomic E-state index is 12.9. The Kier molecular flexibility index (Phi) is 5.43. The molecule has 7 atom stereocenters. The van der Waals surface area contributed by atoms with Crippen LogP contribution in [0, 0.1) is 34.5 Å². The lowest BCUT2D eigenvalue weighted by Gasteiger charge is -2.60. The third kappa shape index (κ3) is 3.41. The molecule has 1 N–H and O–H groups in total. The number of carbonyl (C=O) groups is 2. The van der Waals surface area contributed by atoms with Gasteiger partial charge in [0.1, 0.15) is 0 Å². The van der Waals surface area contributed by atoms with Gasteiger partial charge in [-0.3, -0.25) is 9.59 Å². The summed E-state index contributed by atoms with van der Waals surface area (Å²) in [6.07, 6.45) is 11.7. The van der Waals surface area contributed by atoms with Crippen LogP contribution in [-0.4, -0.2) is 29.8 Å². The smallest absolute Gasteiger partial charge is 0.246 e. The largest absolute Gasteiger partial charge is 0.338 e. The number of nitrogens with zero attached hydrogens (tertiary/aromatic N) is 1. The molecular formula is C27H35ClN2O2. The molecule has 1 aliphatic heterocycles. The fourth-order valence-electron chi connectivity index (χ4n) is 8.18. The Balaban J connectivity index is 1.31. The van der Waals surface area contributed by atoms with E-state index >= 15 is 0 Å². The van der Waals surface area contributed by atoms with Crippen LogP contribution in [0.4, 0.5) is 5.69 Å². The van der Waals surface area contributed by atoms with Crippen LogP contribution in [0.3, 0.4) is 0 Å². The van der Waals surface area contributed by atoms with Gasteiger partial charge in [-0.05, 0) is 91.9 Å². The van der Waals surface area contributed by atoms with Gasteiger partial charge in [0.2, 0.25) is 11.8 Å². The Hall–Kier alpha value is -1.81. The van der Waals surface area contributed by atoms with Crippen LogP contribution in [0.1, 0.15) is 58.8 Å². The lowest BCUT2D eigenvalue weighted by Crippen LogP contribution is -2.59. The number of amides is 2. The van der Waals surface area contributed by atoms with Crippen molar-refractivity contribution in [2.45, 2.75) is 64.8 Å². The zero-order valence-corrected chi connectivity index (χ0v) is 20.2. The zero-order chi connectivity index (χ0) is 22.7. The number of hydrogen-bond donors (Lipinski definition) is 1. The normalized spacial score (nSPS) is 40.4. The lowest BCUT2D eigenvalue weighted by atomic mass is 9.47. The minimum absolute atomic E-state index is 0.0783. The standard InChI is InChI=1S/C27H35ClN2O2/c1-26-13-11-22-20(8-10-23-27(22,2)14-12-25(32)30(23)3)21(26)9-7-17(26)15-24(31)29-19-6-4-5-18(28)16-19/h4-6,12,14,16-17,20-23H,7-11,13,15H2,1-3H3,(H,29,31)/t17-,20?,21?,22?,23?,26-,27-/m1/s1. The second-order valence-corrected chi connectivity index (χ2v) is 11.6. The van der Waals surface area contributed by atoms with Crippen molar-refractivity contribution in [1.82, 2.24) is 4.90 Å². The van der Waals surface area contributed by atoms with Crippen molar-refractivity contribution < 1.29 is 9.59 Å². The predicted molar refractivity (Wildman–Crippen MR) is 128 cm³/mol. The number of halogens is 1. The lowest BCUT2D eigenvalue weighted by molar-refractivity contribution is -0.139. The molecule has 0 saturated heterocycles. The van der Waals surface area contributed by atoms with Crippen LogP contribution in [-0.2, 0) is 9.59 Å². The molecule has 32 heavy (non-hydrogen) atoms. The zero-order valence-electron chi connectivity index (χ0n) is 19.4. The van der Waals surface area contributed by atoms with Crippen molar-refractivity contribution in [3.8, 4) is 0 Å². The summed E-state index contributed by atoms with van der Waals surface area (Å²) in [4.78, 5) is 27.1. The number of carbonyl (C=O) groups excluding carboxylic acids is 2. The van der Waals surface area contributed by atoms with Gasteiger partial charge in [-0.15, -0.1) is 0 Å². The average Bonchev–Trinajstić information content (AvgIpc) is 3.07. The summed E-state index contributed by atoms with van der Waals surface area (Å²) in [5, 5.41) is 3.70. The molecule has 4 aliphatic rings. The molecule has 0 spiro atoms. The van der Waals surface area contributed by atoms with Crippen LogP contribution < -0.4 is 5.32 Å².